The summed E-state index contributed by atoms with van der Waals surface area (Å²) in [6.45, 7) is 4.88. The van der Waals surface area contributed by atoms with E-state index in [4.69, 9.17) is 0 Å². The zero-order valence-electron chi connectivity index (χ0n) is 15.5. The number of hydrogen-bond donors (Lipinski definition) is 1. The Morgan fingerprint density at radius 3 is 2.85 bits per heavy atom. The molecule has 1 fully saturated rings. The molecule has 0 aliphatic carbocycles. The predicted molar refractivity (Wildman–Crippen MR) is 106 cm³/mol. The number of amides is 1. The number of nitrogens with zero attached hydrogens (tertiary/aromatic N) is 3. The van der Waals surface area contributed by atoms with Gasteiger partial charge in [-0.15, -0.1) is 10.2 Å². The number of carbonyl (C=O) groups excluding carboxylic acids is 1. The summed E-state index contributed by atoms with van der Waals surface area (Å²) in [6, 6.07) is 7.82. The van der Waals surface area contributed by atoms with Crippen LogP contribution in [0.1, 0.15) is 25.3 Å². The summed E-state index contributed by atoms with van der Waals surface area (Å²) in [5.74, 6) is 0.991. The summed E-state index contributed by atoms with van der Waals surface area (Å²) in [7, 11) is -3.00. The van der Waals surface area contributed by atoms with Gasteiger partial charge in [-0.05, 0) is 25.8 Å². The lowest BCUT2D eigenvalue weighted by Crippen LogP contribution is -2.36. The van der Waals surface area contributed by atoms with Crippen molar-refractivity contribution in [1.29, 1.82) is 0 Å². The highest BCUT2D eigenvalue weighted by atomic mass is 32.2. The van der Waals surface area contributed by atoms with Crippen molar-refractivity contribution >= 4 is 27.5 Å². The number of thioether (sulfide) groups is 1. The Morgan fingerprint density at radius 1 is 1.37 bits per heavy atom. The third-order valence-corrected chi connectivity index (χ3v) is 7.10. The van der Waals surface area contributed by atoms with Crippen molar-refractivity contribution in [2.75, 3.05) is 17.3 Å². The van der Waals surface area contributed by atoms with Gasteiger partial charge in [0.05, 0.1) is 17.3 Å². The lowest BCUT2D eigenvalue weighted by molar-refractivity contribution is -0.119. The van der Waals surface area contributed by atoms with Crippen LogP contribution in [0, 0.1) is 6.92 Å². The summed E-state index contributed by atoms with van der Waals surface area (Å²) >= 11 is 1.33. The zero-order chi connectivity index (χ0) is 19.4. The number of hydrogen-bond acceptors (Lipinski definition) is 6. The average molecular weight is 409 g/mol. The molecule has 1 saturated heterocycles. The molecule has 9 heteroatoms. The van der Waals surface area contributed by atoms with Gasteiger partial charge in [0, 0.05) is 18.2 Å². The van der Waals surface area contributed by atoms with E-state index in [1.54, 1.807) is 0 Å². The molecule has 0 unspecified atom stereocenters. The van der Waals surface area contributed by atoms with E-state index in [1.165, 1.54) is 11.8 Å². The highest BCUT2D eigenvalue weighted by Crippen LogP contribution is 2.25. The Bertz CT molecular complexity index is 924. The maximum atomic E-state index is 12.2. The number of rotatable bonds is 7. The Labute approximate surface area is 163 Å². The molecule has 1 aliphatic heterocycles. The van der Waals surface area contributed by atoms with Crippen LogP contribution in [-0.2, 0) is 21.2 Å². The second-order valence-electron chi connectivity index (χ2n) is 6.78. The molecule has 0 saturated carbocycles. The van der Waals surface area contributed by atoms with Crippen molar-refractivity contribution in [3.05, 3.63) is 29.8 Å². The Hall–Kier alpha value is -1.87. The molecule has 27 heavy (non-hydrogen) atoms. The van der Waals surface area contributed by atoms with Gasteiger partial charge in [0.1, 0.15) is 0 Å². The van der Waals surface area contributed by atoms with Crippen LogP contribution in [0.4, 0.5) is 0 Å². The predicted octanol–water partition coefficient (Wildman–Crippen LogP) is 2.06. The second kappa shape index (κ2) is 8.43. The minimum atomic E-state index is -3.00. The van der Waals surface area contributed by atoms with Crippen LogP contribution in [0.2, 0.25) is 0 Å². The van der Waals surface area contributed by atoms with E-state index in [9.17, 15) is 13.2 Å². The molecule has 0 bridgehead atoms. The van der Waals surface area contributed by atoms with Gasteiger partial charge in [0.15, 0.2) is 20.8 Å². The van der Waals surface area contributed by atoms with Crippen LogP contribution in [-0.4, -0.2) is 52.4 Å². The molecule has 146 valence electrons. The van der Waals surface area contributed by atoms with E-state index in [-0.39, 0.29) is 29.2 Å². The maximum absolute atomic E-state index is 12.2. The molecule has 2 heterocycles. The number of sulfone groups is 1. The van der Waals surface area contributed by atoms with E-state index in [0.29, 0.717) is 11.6 Å². The van der Waals surface area contributed by atoms with Gasteiger partial charge in [-0.1, -0.05) is 42.4 Å². The SMILES string of the molecule is CCCn1c(SCC(=O)N[C@H]2CCS(=O)(=O)C2)nnc1-c1cccc(C)c1. The molecule has 7 nitrogen and oxygen atoms in total. The van der Waals surface area contributed by atoms with Crippen molar-refractivity contribution in [3.8, 4) is 11.4 Å². The monoisotopic (exact) mass is 408 g/mol. The van der Waals surface area contributed by atoms with E-state index in [1.807, 2.05) is 29.7 Å². The third-order valence-electron chi connectivity index (χ3n) is 4.37. The molecular weight excluding hydrogens is 384 g/mol. The molecule has 3 rings (SSSR count). The topological polar surface area (TPSA) is 94.0 Å². The first-order valence-electron chi connectivity index (χ1n) is 9.01. The highest BCUT2D eigenvalue weighted by Gasteiger charge is 2.29. The molecular formula is C18H24N4O3S2. The lowest BCUT2D eigenvalue weighted by Gasteiger charge is -2.11. The summed E-state index contributed by atoms with van der Waals surface area (Å²) in [5, 5.41) is 12.1. The van der Waals surface area contributed by atoms with Crippen LogP contribution >= 0.6 is 11.8 Å². The number of benzene rings is 1. The number of carbonyl (C=O) groups is 1. The molecule has 1 aliphatic rings. The Morgan fingerprint density at radius 2 is 2.19 bits per heavy atom. The molecule has 1 amide bonds. The van der Waals surface area contributed by atoms with Gasteiger partial charge in [-0.2, -0.15) is 0 Å². The number of nitrogens with one attached hydrogen (secondary N) is 1. The van der Waals surface area contributed by atoms with Crippen LogP contribution in [0.5, 0.6) is 0 Å². The second-order valence-corrected chi connectivity index (χ2v) is 9.95. The lowest BCUT2D eigenvalue weighted by atomic mass is 10.1. The first kappa shape index (κ1) is 19.9. The Kier molecular flexibility index (Phi) is 6.21. The summed E-state index contributed by atoms with van der Waals surface area (Å²) in [5.41, 5.74) is 2.15. The summed E-state index contributed by atoms with van der Waals surface area (Å²) < 4.78 is 25.0. The maximum Gasteiger partial charge on any atom is 0.230 e. The largest absolute Gasteiger partial charge is 0.352 e. The minimum Gasteiger partial charge on any atom is -0.352 e. The van der Waals surface area contributed by atoms with Crippen molar-refractivity contribution in [1.82, 2.24) is 20.1 Å². The molecule has 1 aromatic heterocycles. The molecule has 0 spiro atoms. The highest BCUT2D eigenvalue weighted by molar-refractivity contribution is 7.99. The van der Waals surface area contributed by atoms with Gasteiger partial charge < -0.3 is 9.88 Å². The van der Waals surface area contributed by atoms with Gasteiger partial charge in [-0.25, -0.2) is 8.42 Å². The fourth-order valence-electron chi connectivity index (χ4n) is 3.13. The summed E-state index contributed by atoms with van der Waals surface area (Å²) in [4.78, 5) is 12.2. The average Bonchev–Trinajstić information content (AvgIpc) is 3.16. The molecule has 1 N–H and O–H groups in total. The van der Waals surface area contributed by atoms with Gasteiger partial charge >= 0.3 is 0 Å². The fourth-order valence-corrected chi connectivity index (χ4v) is 5.58. The minimum absolute atomic E-state index is 0.0347. The Balaban J connectivity index is 1.67. The van der Waals surface area contributed by atoms with Crippen LogP contribution in [0.15, 0.2) is 29.4 Å². The van der Waals surface area contributed by atoms with Crippen LogP contribution in [0.3, 0.4) is 0 Å². The van der Waals surface area contributed by atoms with E-state index >= 15 is 0 Å². The van der Waals surface area contributed by atoms with Crippen LogP contribution < -0.4 is 5.32 Å². The van der Waals surface area contributed by atoms with E-state index in [2.05, 4.69) is 28.5 Å². The van der Waals surface area contributed by atoms with Crippen molar-refractivity contribution in [2.45, 2.75) is 44.4 Å². The van der Waals surface area contributed by atoms with Crippen molar-refractivity contribution in [3.63, 3.8) is 0 Å². The van der Waals surface area contributed by atoms with Gasteiger partial charge in [0.25, 0.3) is 0 Å². The van der Waals surface area contributed by atoms with Crippen LogP contribution in [0.25, 0.3) is 11.4 Å². The van der Waals surface area contributed by atoms with Gasteiger partial charge in [-0.3, -0.25) is 4.79 Å². The molecule has 1 aromatic carbocycles. The smallest absolute Gasteiger partial charge is 0.230 e. The first-order chi connectivity index (χ1) is 12.9. The third kappa shape index (κ3) is 5.10. The zero-order valence-corrected chi connectivity index (χ0v) is 17.1. The first-order valence-corrected chi connectivity index (χ1v) is 11.8. The summed E-state index contributed by atoms with van der Waals surface area (Å²) in [6.07, 6.45) is 1.42. The quantitative estimate of drug-likeness (QED) is 0.705. The molecule has 0 radical (unpaired) electrons. The van der Waals surface area contributed by atoms with Crippen molar-refractivity contribution in [2.24, 2.45) is 0 Å². The standard InChI is InChI=1S/C18H24N4O3S2/c1-3-8-22-17(14-6-4-5-13(2)10-14)20-21-18(22)26-11-16(23)19-15-7-9-27(24,25)12-15/h4-6,10,15H,3,7-9,11-12H2,1-2H3,(H,19,23)/t15-/m0/s1. The fraction of sp³-hybridized carbons (Fsp3) is 0.500. The normalized spacial score (nSPS) is 18.5. The van der Waals surface area contributed by atoms with Crippen molar-refractivity contribution < 1.29 is 13.2 Å². The molecule has 1 atom stereocenters. The van der Waals surface area contributed by atoms with E-state index in [0.717, 1.165) is 29.9 Å². The number of aryl methyl sites for hydroxylation is 1. The number of aromatic nitrogens is 3. The van der Waals surface area contributed by atoms with E-state index < -0.39 is 9.84 Å². The molecule has 2 aromatic rings. The van der Waals surface area contributed by atoms with Gasteiger partial charge in [0.2, 0.25) is 5.91 Å².